The van der Waals surface area contributed by atoms with Crippen molar-refractivity contribution >= 4 is 11.3 Å². The van der Waals surface area contributed by atoms with Crippen molar-refractivity contribution in [3.63, 3.8) is 0 Å². The van der Waals surface area contributed by atoms with Crippen molar-refractivity contribution in [1.82, 2.24) is 10.2 Å². The molecule has 6 heteroatoms. The molecule has 0 amide bonds. The van der Waals surface area contributed by atoms with E-state index in [1.807, 2.05) is 25.3 Å². The van der Waals surface area contributed by atoms with E-state index in [2.05, 4.69) is 16.3 Å². The lowest BCUT2D eigenvalue weighted by molar-refractivity contribution is 0.379. The highest BCUT2D eigenvalue weighted by molar-refractivity contribution is 7.10. The first-order chi connectivity index (χ1) is 9.13. The second-order valence-electron chi connectivity index (χ2n) is 4.46. The molecule has 0 fully saturated rings. The third-order valence-corrected chi connectivity index (χ3v) is 4.38. The number of aryl methyl sites for hydroxylation is 2. The average Bonchev–Trinajstić information content (AvgIpc) is 2.95. The summed E-state index contributed by atoms with van der Waals surface area (Å²) in [4.78, 5) is 1.11. The number of nitrogens with one attached hydrogen (secondary N) is 1. The van der Waals surface area contributed by atoms with Crippen LogP contribution in [0, 0.1) is 25.2 Å². The fourth-order valence-corrected chi connectivity index (χ4v) is 3.39. The zero-order chi connectivity index (χ0) is 13.6. The highest BCUT2D eigenvalue weighted by atomic mass is 32.1. The van der Waals surface area contributed by atoms with Gasteiger partial charge in [0.2, 0.25) is 11.8 Å². The third-order valence-electron chi connectivity index (χ3n) is 3.29. The molecule has 2 aromatic heterocycles. The monoisotopic (exact) mass is 272 g/mol. The summed E-state index contributed by atoms with van der Waals surface area (Å²) >= 11 is 1.61. The van der Waals surface area contributed by atoms with Crippen molar-refractivity contribution in [3.8, 4) is 11.9 Å². The number of aromatic nitrogens is 2. The molecule has 3 rings (SSSR count). The predicted octanol–water partition coefficient (Wildman–Crippen LogP) is 2.31. The molecule has 3 N–H and O–H groups in total. The Morgan fingerprint density at radius 1 is 1.53 bits per heavy atom. The first kappa shape index (κ1) is 11.8. The smallest absolute Gasteiger partial charge is 0.244 e. The second kappa shape index (κ2) is 4.14. The molecule has 0 saturated heterocycles. The Bertz CT molecular complexity index is 719. The summed E-state index contributed by atoms with van der Waals surface area (Å²) in [5.41, 5.74) is 9.23. The van der Waals surface area contributed by atoms with Gasteiger partial charge in [-0.25, -0.2) is 0 Å². The van der Waals surface area contributed by atoms with Crippen molar-refractivity contribution in [2.45, 2.75) is 19.8 Å². The van der Waals surface area contributed by atoms with Crippen LogP contribution in [0.4, 0.5) is 0 Å². The Morgan fingerprint density at radius 3 is 2.95 bits per heavy atom. The Morgan fingerprint density at radius 2 is 2.32 bits per heavy atom. The minimum absolute atomic E-state index is 0.138. The fraction of sp³-hybridized carbons (Fsp3) is 0.231. The minimum Gasteiger partial charge on any atom is -0.420 e. The summed E-state index contributed by atoms with van der Waals surface area (Å²) in [6, 6.07) is 4.21. The van der Waals surface area contributed by atoms with Crippen LogP contribution in [0.3, 0.4) is 0 Å². The molecule has 0 aliphatic carbocycles. The van der Waals surface area contributed by atoms with Gasteiger partial charge in [-0.3, -0.25) is 5.10 Å². The topological polar surface area (TPSA) is 87.7 Å². The number of ether oxygens (including phenoxy) is 1. The van der Waals surface area contributed by atoms with Gasteiger partial charge < -0.3 is 10.5 Å². The van der Waals surface area contributed by atoms with Crippen LogP contribution in [0.2, 0.25) is 0 Å². The van der Waals surface area contributed by atoms with E-state index in [1.54, 1.807) is 11.3 Å². The quantitative estimate of drug-likeness (QED) is 0.833. The van der Waals surface area contributed by atoms with E-state index in [1.165, 1.54) is 0 Å². The molecule has 0 aromatic carbocycles. The van der Waals surface area contributed by atoms with Gasteiger partial charge in [0.15, 0.2) is 0 Å². The van der Waals surface area contributed by atoms with Crippen LogP contribution in [0.15, 0.2) is 22.9 Å². The zero-order valence-electron chi connectivity index (χ0n) is 10.5. The molecule has 1 aliphatic rings. The SMILES string of the molecule is Cc1ccsc1C1C(C#N)=C(N)Oc2n[nH]c(C)c21. The maximum atomic E-state index is 9.38. The van der Waals surface area contributed by atoms with Gasteiger partial charge in [0.05, 0.1) is 11.5 Å². The van der Waals surface area contributed by atoms with Gasteiger partial charge in [-0.2, -0.15) is 5.26 Å². The number of aromatic amines is 1. The number of hydrogen-bond donors (Lipinski definition) is 2. The third kappa shape index (κ3) is 1.63. The number of fused-ring (bicyclic) bond motifs is 1. The summed E-state index contributed by atoms with van der Waals surface area (Å²) in [7, 11) is 0. The molecular formula is C13H12N4OS. The van der Waals surface area contributed by atoms with Crippen LogP contribution >= 0.6 is 11.3 Å². The van der Waals surface area contributed by atoms with E-state index < -0.39 is 0 Å². The van der Waals surface area contributed by atoms with Gasteiger partial charge >= 0.3 is 0 Å². The standard InChI is InChI=1S/C13H12N4OS/c1-6-3-4-19-11(6)10-8(5-14)12(15)18-13-9(10)7(2)16-17-13/h3-4,10H,15H2,1-2H3,(H,16,17). The molecule has 1 atom stereocenters. The van der Waals surface area contributed by atoms with Crippen molar-refractivity contribution in [2.24, 2.45) is 5.73 Å². The number of thiophene rings is 1. The fourth-order valence-electron chi connectivity index (χ4n) is 2.34. The highest BCUT2D eigenvalue weighted by Gasteiger charge is 2.35. The number of nitriles is 1. The lowest BCUT2D eigenvalue weighted by Gasteiger charge is -2.23. The second-order valence-corrected chi connectivity index (χ2v) is 5.41. The number of hydrogen-bond acceptors (Lipinski definition) is 5. The first-order valence-electron chi connectivity index (χ1n) is 5.80. The molecule has 0 radical (unpaired) electrons. The van der Waals surface area contributed by atoms with E-state index in [0.29, 0.717) is 11.5 Å². The van der Waals surface area contributed by atoms with Crippen LogP contribution in [0.25, 0.3) is 0 Å². The first-order valence-corrected chi connectivity index (χ1v) is 6.68. The Hall–Kier alpha value is -2.26. The van der Waals surface area contributed by atoms with E-state index in [0.717, 1.165) is 21.7 Å². The largest absolute Gasteiger partial charge is 0.420 e. The summed E-state index contributed by atoms with van der Waals surface area (Å²) in [6.45, 7) is 3.95. The Labute approximate surface area is 114 Å². The molecule has 1 aliphatic heterocycles. The van der Waals surface area contributed by atoms with E-state index in [9.17, 15) is 5.26 Å². The van der Waals surface area contributed by atoms with Gasteiger partial charge in [0.25, 0.3) is 0 Å². The van der Waals surface area contributed by atoms with Gasteiger partial charge in [0, 0.05) is 10.6 Å². The minimum atomic E-state index is -0.188. The maximum absolute atomic E-state index is 9.38. The van der Waals surface area contributed by atoms with Crippen LogP contribution in [-0.2, 0) is 0 Å². The van der Waals surface area contributed by atoms with Gasteiger partial charge in [-0.05, 0) is 30.9 Å². The van der Waals surface area contributed by atoms with Gasteiger partial charge in [0.1, 0.15) is 11.6 Å². The Balaban J connectivity index is 2.28. The molecule has 96 valence electrons. The number of rotatable bonds is 1. The highest BCUT2D eigenvalue weighted by Crippen LogP contribution is 2.44. The van der Waals surface area contributed by atoms with Crippen molar-refractivity contribution in [1.29, 1.82) is 5.26 Å². The van der Waals surface area contributed by atoms with Crippen molar-refractivity contribution in [3.05, 3.63) is 44.6 Å². The summed E-state index contributed by atoms with van der Waals surface area (Å²) in [6.07, 6.45) is 0. The molecule has 0 bridgehead atoms. The predicted molar refractivity (Wildman–Crippen MR) is 71.7 cm³/mol. The number of nitrogens with two attached hydrogens (primary N) is 1. The molecule has 0 saturated carbocycles. The van der Waals surface area contributed by atoms with Gasteiger partial charge in [-0.1, -0.05) is 0 Å². The molecular weight excluding hydrogens is 260 g/mol. The van der Waals surface area contributed by atoms with Gasteiger partial charge in [-0.15, -0.1) is 16.4 Å². The lowest BCUT2D eigenvalue weighted by atomic mass is 9.87. The molecule has 2 aromatic rings. The summed E-state index contributed by atoms with van der Waals surface area (Å²) in [5.74, 6) is 0.415. The Kier molecular flexibility index (Phi) is 2.57. The lowest BCUT2D eigenvalue weighted by Crippen LogP contribution is -2.20. The van der Waals surface area contributed by atoms with Crippen LogP contribution < -0.4 is 10.5 Å². The summed E-state index contributed by atoms with van der Waals surface area (Å²) in [5, 5.41) is 18.4. The van der Waals surface area contributed by atoms with Crippen LogP contribution in [0.1, 0.15) is 27.6 Å². The molecule has 0 spiro atoms. The number of nitrogens with zero attached hydrogens (tertiary/aromatic N) is 2. The maximum Gasteiger partial charge on any atom is 0.244 e. The number of H-pyrrole nitrogens is 1. The van der Waals surface area contributed by atoms with Crippen molar-refractivity contribution in [2.75, 3.05) is 0 Å². The molecule has 19 heavy (non-hydrogen) atoms. The normalized spacial score (nSPS) is 17.8. The van der Waals surface area contributed by atoms with E-state index >= 15 is 0 Å². The summed E-state index contributed by atoms with van der Waals surface area (Å²) < 4.78 is 5.42. The zero-order valence-corrected chi connectivity index (χ0v) is 11.3. The number of allylic oxidation sites excluding steroid dienone is 1. The van der Waals surface area contributed by atoms with Crippen LogP contribution in [0.5, 0.6) is 5.88 Å². The average molecular weight is 272 g/mol. The molecule has 3 heterocycles. The van der Waals surface area contributed by atoms with Crippen LogP contribution in [-0.4, -0.2) is 10.2 Å². The van der Waals surface area contributed by atoms with E-state index in [-0.39, 0.29) is 11.8 Å². The molecule has 5 nitrogen and oxygen atoms in total. The van der Waals surface area contributed by atoms with E-state index in [4.69, 9.17) is 10.5 Å². The molecule has 1 unspecified atom stereocenters. The van der Waals surface area contributed by atoms with Crippen molar-refractivity contribution < 1.29 is 4.74 Å².